The van der Waals surface area contributed by atoms with E-state index in [4.69, 9.17) is 10.1 Å². The van der Waals surface area contributed by atoms with Gasteiger partial charge in [0.25, 0.3) is 0 Å². The van der Waals surface area contributed by atoms with Crippen LogP contribution in [0, 0.1) is 0 Å². The Morgan fingerprint density at radius 2 is 2.28 bits per heavy atom. The molecule has 0 saturated carbocycles. The monoisotopic (exact) mass is 392 g/mol. The molecule has 0 aliphatic heterocycles. The van der Waals surface area contributed by atoms with Crippen molar-refractivity contribution in [2.24, 2.45) is 0 Å². The Balaban J connectivity index is 0.00000182. The zero-order chi connectivity index (χ0) is 16.5. The fraction of sp³-hybridized carbons (Fsp3) is 0.222. The zero-order valence-corrected chi connectivity index (χ0v) is 15.8. The summed E-state index contributed by atoms with van der Waals surface area (Å²) in [5.41, 5.74) is 2.54. The maximum atomic E-state index is 11.0. The van der Waals surface area contributed by atoms with Gasteiger partial charge in [-0.3, -0.25) is 4.79 Å². The average molecular weight is 393 g/mol. The first-order chi connectivity index (χ1) is 11.7. The van der Waals surface area contributed by atoms with Crippen LogP contribution in [0.15, 0.2) is 41.3 Å². The Bertz CT molecular complexity index is 958. The molecule has 0 aromatic carbocycles. The quantitative estimate of drug-likeness (QED) is 0.821. The smallest absolute Gasteiger partial charge is 0.305 e. The number of hydrogen-bond acceptors (Lipinski definition) is 5. The van der Waals surface area contributed by atoms with Crippen LogP contribution in [-0.2, 0) is 11.3 Å². The Morgan fingerprint density at radius 3 is 3.04 bits per heavy atom. The molecule has 2 aliphatic carbocycles. The number of carboxylic acid groups (broad SMARTS) is 1. The number of nitrogens with zero attached hydrogens (tertiary/aromatic N) is 2. The molecule has 0 radical (unpaired) electrons. The minimum absolute atomic E-state index is 0. The summed E-state index contributed by atoms with van der Waals surface area (Å²) in [4.78, 5) is 19.1. The van der Waals surface area contributed by atoms with Crippen LogP contribution in [0.3, 0.4) is 0 Å². The summed E-state index contributed by atoms with van der Waals surface area (Å²) in [5, 5.41) is 13.1. The predicted molar refractivity (Wildman–Crippen MR) is 106 cm³/mol. The molecule has 0 atom stereocenters. The number of fused-ring (bicyclic) bond motifs is 2. The number of aromatic nitrogens is 1. The van der Waals surface area contributed by atoms with E-state index in [0.29, 0.717) is 13.1 Å². The minimum Gasteiger partial charge on any atom is -0.481 e. The summed E-state index contributed by atoms with van der Waals surface area (Å²) in [5.74, 6) is -0.779. The predicted octanol–water partition coefficient (Wildman–Crippen LogP) is 2.94. The number of rotatable bonds is 6. The fourth-order valence-electron chi connectivity index (χ4n) is 2.92. The summed E-state index contributed by atoms with van der Waals surface area (Å²) in [7, 11) is 0. The van der Waals surface area contributed by atoms with Crippen molar-refractivity contribution in [2.45, 2.75) is 19.4 Å². The number of carboxylic acids is 1. The molecule has 0 spiro atoms. The van der Waals surface area contributed by atoms with Crippen molar-refractivity contribution in [2.75, 3.05) is 11.4 Å². The highest BCUT2D eigenvalue weighted by Crippen LogP contribution is 2.26. The normalized spacial score (nSPS) is 14.2. The van der Waals surface area contributed by atoms with Crippen LogP contribution in [0.5, 0.6) is 0 Å². The van der Waals surface area contributed by atoms with Crippen LogP contribution < -0.4 is 14.8 Å². The molecule has 0 unspecified atom stereocenters. The van der Waals surface area contributed by atoms with Gasteiger partial charge in [0.15, 0.2) is 5.13 Å². The van der Waals surface area contributed by atoms with Gasteiger partial charge in [0.2, 0.25) is 0 Å². The van der Waals surface area contributed by atoms with E-state index in [-0.39, 0.29) is 18.8 Å². The molecule has 0 amide bonds. The van der Waals surface area contributed by atoms with Crippen LogP contribution in [-0.4, -0.2) is 22.6 Å². The third-order valence-electron chi connectivity index (χ3n) is 4.09. The van der Waals surface area contributed by atoms with Crippen LogP contribution in [0.25, 0.3) is 11.6 Å². The summed E-state index contributed by atoms with van der Waals surface area (Å²) in [6.07, 6.45) is 9.58. The lowest BCUT2D eigenvalue weighted by molar-refractivity contribution is -0.136. The van der Waals surface area contributed by atoms with E-state index in [0.717, 1.165) is 16.9 Å². The minimum atomic E-state index is -0.779. The van der Waals surface area contributed by atoms with E-state index in [2.05, 4.69) is 35.3 Å². The van der Waals surface area contributed by atoms with Gasteiger partial charge in [0.1, 0.15) is 0 Å². The second kappa shape index (κ2) is 7.56. The second-order valence-corrected chi connectivity index (χ2v) is 7.77. The second-order valence-electron chi connectivity index (χ2n) is 5.73. The first kappa shape index (κ1) is 17.9. The van der Waals surface area contributed by atoms with Crippen molar-refractivity contribution >= 4 is 57.8 Å². The molecule has 2 aliphatic rings. The summed E-state index contributed by atoms with van der Waals surface area (Å²) in [6.45, 7) is 1.17. The van der Waals surface area contributed by atoms with Crippen molar-refractivity contribution in [3.8, 4) is 0 Å². The molecule has 4 nitrogen and oxygen atoms in total. The van der Waals surface area contributed by atoms with Gasteiger partial charge in [0.05, 0.1) is 22.8 Å². The number of aliphatic carboxylic acids is 1. The molecule has 4 rings (SSSR count). The van der Waals surface area contributed by atoms with Gasteiger partial charge in [0, 0.05) is 11.4 Å². The fourth-order valence-corrected chi connectivity index (χ4v) is 4.71. The van der Waals surface area contributed by atoms with Gasteiger partial charge >= 0.3 is 5.97 Å². The van der Waals surface area contributed by atoms with E-state index in [9.17, 15) is 4.79 Å². The number of allylic oxidation sites excluding steroid dienone is 4. The molecule has 0 fully saturated rings. The topological polar surface area (TPSA) is 53.4 Å². The largest absolute Gasteiger partial charge is 0.481 e. The van der Waals surface area contributed by atoms with E-state index in [1.54, 1.807) is 22.7 Å². The number of halogens is 1. The standard InChI is InChI=1S/C18H16N2O2S2.ClH/c21-16(22)7-8-20(11-13-5-3-9-23-13)18-19-17-14-6-2-1-4-12(14)10-15(17)24-18;/h1-5,9-10H,6-8,11H2,(H,21,22);1H. The highest BCUT2D eigenvalue weighted by Gasteiger charge is 2.19. The molecular weight excluding hydrogens is 376 g/mol. The molecular formula is C18H17ClN2O2S2. The third-order valence-corrected chi connectivity index (χ3v) is 6.01. The zero-order valence-electron chi connectivity index (χ0n) is 13.3. The van der Waals surface area contributed by atoms with Crippen molar-refractivity contribution < 1.29 is 9.90 Å². The van der Waals surface area contributed by atoms with E-state index in [1.807, 2.05) is 11.4 Å². The Kier molecular flexibility index (Phi) is 5.42. The molecule has 2 heterocycles. The lowest BCUT2D eigenvalue weighted by Gasteiger charge is -2.20. The van der Waals surface area contributed by atoms with Crippen molar-refractivity contribution in [3.63, 3.8) is 0 Å². The van der Waals surface area contributed by atoms with Gasteiger partial charge in [-0.25, -0.2) is 4.98 Å². The molecule has 0 saturated heterocycles. The summed E-state index contributed by atoms with van der Waals surface area (Å²) in [6, 6.07) is 4.10. The van der Waals surface area contributed by atoms with Gasteiger partial charge in [-0.2, -0.15) is 0 Å². The van der Waals surface area contributed by atoms with Gasteiger partial charge in [-0.1, -0.05) is 35.6 Å². The molecule has 2 aromatic rings. The Hall–Kier alpha value is -1.89. The number of thiazole rings is 1. The number of thiophene rings is 1. The molecule has 2 aromatic heterocycles. The van der Waals surface area contributed by atoms with Gasteiger partial charge in [-0.15, -0.1) is 23.7 Å². The first-order valence-corrected chi connectivity index (χ1v) is 9.48. The summed E-state index contributed by atoms with van der Waals surface area (Å²) >= 11 is 3.34. The molecule has 1 N–H and O–H groups in total. The van der Waals surface area contributed by atoms with E-state index < -0.39 is 5.97 Å². The van der Waals surface area contributed by atoms with Crippen LogP contribution >= 0.6 is 35.1 Å². The Morgan fingerprint density at radius 1 is 1.40 bits per heavy atom. The number of hydrogen-bond donors (Lipinski definition) is 1. The first-order valence-electron chi connectivity index (χ1n) is 7.79. The van der Waals surface area contributed by atoms with Gasteiger partial charge < -0.3 is 10.0 Å². The maximum absolute atomic E-state index is 11.0. The van der Waals surface area contributed by atoms with Crippen molar-refractivity contribution in [1.82, 2.24) is 4.98 Å². The Labute approximate surface area is 159 Å². The maximum Gasteiger partial charge on any atom is 0.305 e. The number of carbonyl (C=O) groups is 1. The van der Waals surface area contributed by atoms with Gasteiger partial charge in [-0.05, 0) is 35.1 Å². The lowest BCUT2D eigenvalue weighted by atomic mass is 10.0. The van der Waals surface area contributed by atoms with E-state index in [1.165, 1.54) is 20.6 Å². The SMILES string of the molecule is Cl.O=C(O)CCN(Cc1cccs1)c1nc2c(s1)=CC1=CC=CCC=21. The van der Waals surface area contributed by atoms with Crippen molar-refractivity contribution in [1.29, 1.82) is 0 Å². The molecule has 0 bridgehead atoms. The van der Waals surface area contributed by atoms with Crippen LogP contribution in [0.4, 0.5) is 5.13 Å². The third kappa shape index (κ3) is 3.71. The van der Waals surface area contributed by atoms with Crippen molar-refractivity contribution in [3.05, 3.63) is 56.1 Å². The molecule has 130 valence electrons. The average Bonchev–Trinajstić information content (AvgIpc) is 3.26. The highest BCUT2D eigenvalue weighted by atomic mass is 35.5. The lowest BCUT2D eigenvalue weighted by Crippen LogP contribution is -2.26. The summed E-state index contributed by atoms with van der Waals surface area (Å²) < 4.78 is 1.18. The van der Waals surface area contributed by atoms with Crippen LogP contribution in [0.1, 0.15) is 17.7 Å². The van der Waals surface area contributed by atoms with E-state index >= 15 is 0 Å². The highest BCUT2D eigenvalue weighted by molar-refractivity contribution is 7.13. The number of anilines is 1. The molecule has 7 heteroatoms. The van der Waals surface area contributed by atoms with Crippen LogP contribution in [0.2, 0.25) is 0 Å². The molecule has 25 heavy (non-hydrogen) atoms.